The summed E-state index contributed by atoms with van der Waals surface area (Å²) in [6.07, 6.45) is 0.272. The van der Waals surface area contributed by atoms with E-state index in [4.69, 9.17) is 4.74 Å². The number of carboxylic acids is 1. The van der Waals surface area contributed by atoms with Crippen LogP contribution in [0.1, 0.15) is 64.5 Å². The number of ether oxygens (including phenoxy) is 1. The molecular weight excluding hydrogens is 444 g/mol. The molecule has 0 aliphatic heterocycles. The Morgan fingerprint density at radius 1 is 0.914 bits per heavy atom. The topological polar surface area (TPSA) is 105 Å². The quantitative estimate of drug-likeness (QED) is 0.471. The summed E-state index contributed by atoms with van der Waals surface area (Å²) in [6, 6.07) is 14.1. The molecule has 0 heterocycles. The number of alkyl carbamates (subject to hydrolysis) is 1. The van der Waals surface area contributed by atoms with Gasteiger partial charge in [0.15, 0.2) is 0 Å². The second kappa shape index (κ2) is 10.9. The molecule has 0 fully saturated rings. The summed E-state index contributed by atoms with van der Waals surface area (Å²) < 4.78 is 5.60. The van der Waals surface area contributed by atoms with Gasteiger partial charge >= 0.3 is 12.1 Å². The normalized spacial score (nSPS) is 14.6. The molecule has 188 valence electrons. The Labute approximate surface area is 207 Å². The van der Waals surface area contributed by atoms with Gasteiger partial charge < -0.3 is 20.5 Å². The summed E-state index contributed by atoms with van der Waals surface area (Å²) in [4.78, 5) is 37.5. The van der Waals surface area contributed by atoms with Crippen LogP contribution in [0, 0.1) is 11.3 Å². The van der Waals surface area contributed by atoms with Gasteiger partial charge in [-0.3, -0.25) is 4.79 Å². The summed E-state index contributed by atoms with van der Waals surface area (Å²) in [5.74, 6) is -1.41. The molecule has 2 amide bonds. The number of aliphatic carboxylic acids is 1. The maximum atomic E-state index is 13.0. The van der Waals surface area contributed by atoms with E-state index in [0.717, 1.165) is 22.3 Å². The smallest absolute Gasteiger partial charge is 0.407 e. The van der Waals surface area contributed by atoms with E-state index < -0.39 is 35.5 Å². The molecule has 1 unspecified atom stereocenters. The Kier molecular flexibility index (Phi) is 8.20. The van der Waals surface area contributed by atoms with Gasteiger partial charge in [-0.25, -0.2) is 9.59 Å². The van der Waals surface area contributed by atoms with Crippen LogP contribution in [0.15, 0.2) is 48.5 Å². The van der Waals surface area contributed by atoms with Crippen LogP contribution in [-0.2, 0) is 14.3 Å². The molecule has 0 aromatic heterocycles. The highest BCUT2D eigenvalue weighted by Crippen LogP contribution is 2.44. The van der Waals surface area contributed by atoms with Crippen LogP contribution in [0.3, 0.4) is 0 Å². The molecule has 0 saturated carbocycles. The predicted molar refractivity (Wildman–Crippen MR) is 135 cm³/mol. The first kappa shape index (κ1) is 26.3. The van der Waals surface area contributed by atoms with Crippen LogP contribution in [0.2, 0.25) is 0 Å². The fourth-order valence-corrected chi connectivity index (χ4v) is 4.45. The van der Waals surface area contributed by atoms with E-state index in [-0.39, 0.29) is 12.5 Å². The van der Waals surface area contributed by atoms with E-state index in [2.05, 4.69) is 22.8 Å². The second-order valence-electron chi connectivity index (χ2n) is 10.6. The molecular formula is C28H36N2O5. The standard InChI is InChI=1S/C28H36N2O5/c1-17(2)14-15-23(26(32)33)29-25(31)24(28(3,4)5)30-27(34)35-16-22-20-12-8-6-10-18(20)19-11-7-9-13-21(19)22/h6-13,17,22-24H,14-16H2,1-5H3,(H,29,31)(H,30,34)(H,32,33)/t23?,24-/m0/s1. The molecule has 3 rings (SSSR count). The Morgan fingerprint density at radius 3 is 1.94 bits per heavy atom. The van der Waals surface area contributed by atoms with Crippen LogP contribution in [0.25, 0.3) is 11.1 Å². The lowest BCUT2D eigenvalue weighted by atomic mass is 9.86. The van der Waals surface area contributed by atoms with Crippen molar-refractivity contribution < 1.29 is 24.2 Å². The largest absolute Gasteiger partial charge is 0.480 e. The molecule has 35 heavy (non-hydrogen) atoms. The third kappa shape index (κ3) is 6.41. The number of amides is 2. The van der Waals surface area contributed by atoms with Gasteiger partial charge in [-0.2, -0.15) is 0 Å². The van der Waals surface area contributed by atoms with E-state index >= 15 is 0 Å². The van der Waals surface area contributed by atoms with Crippen molar-refractivity contribution in [2.75, 3.05) is 6.61 Å². The highest BCUT2D eigenvalue weighted by Gasteiger charge is 2.36. The third-order valence-corrected chi connectivity index (χ3v) is 6.38. The molecule has 0 saturated heterocycles. The SMILES string of the molecule is CC(C)CCC(NC(=O)[C@H](NC(=O)OCC1c2ccccc2-c2ccccc21)C(C)(C)C)C(=O)O. The maximum absolute atomic E-state index is 13.0. The van der Waals surface area contributed by atoms with E-state index in [9.17, 15) is 19.5 Å². The van der Waals surface area contributed by atoms with Crippen LogP contribution >= 0.6 is 0 Å². The number of fused-ring (bicyclic) bond motifs is 3. The third-order valence-electron chi connectivity index (χ3n) is 6.38. The lowest BCUT2D eigenvalue weighted by Gasteiger charge is -2.31. The van der Waals surface area contributed by atoms with E-state index in [1.807, 2.05) is 71.0 Å². The Hall–Kier alpha value is -3.35. The number of carbonyl (C=O) groups is 3. The fraction of sp³-hybridized carbons (Fsp3) is 0.464. The van der Waals surface area contributed by atoms with Crippen molar-refractivity contribution in [3.05, 3.63) is 59.7 Å². The van der Waals surface area contributed by atoms with Crippen molar-refractivity contribution in [3.63, 3.8) is 0 Å². The van der Waals surface area contributed by atoms with Crippen molar-refractivity contribution in [1.29, 1.82) is 0 Å². The number of benzene rings is 2. The van der Waals surface area contributed by atoms with Gasteiger partial charge in [0.2, 0.25) is 5.91 Å². The minimum Gasteiger partial charge on any atom is -0.480 e. The molecule has 2 aromatic carbocycles. The molecule has 0 bridgehead atoms. The van der Waals surface area contributed by atoms with Gasteiger partial charge in [-0.15, -0.1) is 0 Å². The van der Waals surface area contributed by atoms with Gasteiger partial charge in [-0.1, -0.05) is 83.1 Å². The monoisotopic (exact) mass is 480 g/mol. The summed E-state index contributed by atoms with van der Waals surface area (Å²) in [6.45, 7) is 9.56. The highest BCUT2D eigenvalue weighted by molar-refractivity contribution is 5.90. The number of rotatable bonds is 9. The zero-order chi connectivity index (χ0) is 25.8. The zero-order valence-corrected chi connectivity index (χ0v) is 21.1. The van der Waals surface area contributed by atoms with Crippen molar-refractivity contribution in [1.82, 2.24) is 10.6 Å². The molecule has 1 aliphatic rings. The van der Waals surface area contributed by atoms with Crippen molar-refractivity contribution in [2.24, 2.45) is 11.3 Å². The number of hydrogen-bond acceptors (Lipinski definition) is 4. The average Bonchev–Trinajstić information content (AvgIpc) is 3.11. The summed E-state index contributed by atoms with van der Waals surface area (Å²) in [5, 5.41) is 14.8. The Bertz CT molecular complexity index is 1030. The number of carbonyl (C=O) groups excluding carboxylic acids is 2. The number of hydrogen-bond donors (Lipinski definition) is 3. The van der Waals surface area contributed by atoms with Crippen molar-refractivity contribution in [2.45, 2.75) is 65.5 Å². The summed E-state index contributed by atoms with van der Waals surface area (Å²) in [5.41, 5.74) is 3.80. The average molecular weight is 481 g/mol. The first-order valence-electron chi connectivity index (χ1n) is 12.1. The van der Waals surface area contributed by atoms with Crippen molar-refractivity contribution in [3.8, 4) is 11.1 Å². The molecule has 7 heteroatoms. The first-order valence-corrected chi connectivity index (χ1v) is 12.1. The molecule has 2 atom stereocenters. The second-order valence-corrected chi connectivity index (χ2v) is 10.6. The van der Waals surface area contributed by atoms with Gasteiger partial charge in [0.05, 0.1) is 0 Å². The highest BCUT2D eigenvalue weighted by atomic mass is 16.5. The Balaban J connectivity index is 1.67. The van der Waals surface area contributed by atoms with Crippen LogP contribution in [-0.4, -0.2) is 41.8 Å². The molecule has 0 radical (unpaired) electrons. The van der Waals surface area contributed by atoms with E-state index in [1.165, 1.54) is 0 Å². The number of nitrogens with one attached hydrogen (secondary N) is 2. The van der Waals surface area contributed by atoms with Crippen LogP contribution in [0.4, 0.5) is 4.79 Å². The Morgan fingerprint density at radius 2 is 1.46 bits per heavy atom. The summed E-state index contributed by atoms with van der Waals surface area (Å²) in [7, 11) is 0. The lowest BCUT2D eigenvalue weighted by molar-refractivity contribution is -0.142. The lowest BCUT2D eigenvalue weighted by Crippen LogP contribution is -2.56. The molecule has 2 aromatic rings. The zero-order valence-electron chi connectivity index (χ0n) is 21.1. The van der Waals surface area contributed by atoms with Crippen LogP contribution in [0.5, 0.6) is 0 Å². The van der Waals surface area contributed by atoms with Crippen molar-refractivity contribution >= 4 is 18.0 Å². The molecule has 1 aliphatic carbocycles. The number of carboxylic acid groups (broad SMARTS) is 1. The van der Waals surface area contributed by atoms with Gasteiger partial charge in [0.25, 0.3) is 0 Å². The maximum Gasteiger partial charge on any atom is 0.407 e. The van der Waals surface area contributed by atoms with Gasteiger partial charge in [0, 0.05) is 5.92 Å². The fourth-order valence-electron chi connectivity index (χ4n) is 4.45. The minimum atomic E-state index is -1.09. The molecule has 3 N–H and O–H groups in total. The predicted octanol–water partition coefficient (Wildman–Crippen LogP) is 4.95. The molecule has 0 spiro atoms. The first-order chi connectivity index (χ1) is 16.5. The van der Waals surface area contributed by atoms with Crippen LogP contribution < -0.4 is 10.6 Å². The minimum absolute atomic E-state index is 0.0949. The van der Waals surface area contributed by atoms with E-state index in [0.29, 0.717) is 18.8 Å². The van der Waals surface area contributed by atoms with E-state index in [1.54, 1.807) is 0 Å². The van der Waals surface area contributed by atoms with Gasteiger partial charge in [-0.05, 0) is 46.4 Å². The summed E-state index contributed by atoms with van der Waals surface area (Å²) >= 11 is 0. The van der Waals surface area contributed by atoms with Gasteiger partial charge in [0.1, 0.15) is 18.7 Å². The molecule has 7 nitrogen and oxygen atoms in total.